The molecule has 22 heavy (non-hydrogen) atoms. The van der Waals surface area contributed by atoms with Crippen LogP contribution in [0.5, 0.6) is 0 Å². The van der Waals surface area contributed by atoms with Crippen LogP contribution < -0.4 is 5.73 Å². The molecule has 1 atom stereocenters. The molecule has 1 aliphatic rings. The van der Waals surface area contributed by atoms with E-state index in [0.29, 0.717) is 12.6 Å². The predicted molar refractivity (Wildman–Crippen MR) is 93.9 cm³/mol. The van der Waals surface area contributed by atoms with E-state index in [4.69, 9.17) is 5.73 Å². The quantitative estimate of drug-likeness (QED) is 0.920. The number of carbonyl (C=O) groups is 1. The number of hydrogen-bond acceptors (Lipinski definition) is 2. The Bertz CT molecular complexity index is 506. The zero-order valence-electron chi connectivity index (χ0n) is 14.3. The number of nitrogens with two attached hydrogens (primary N) is 1. The second-order valence-corrected chi connectivity index (χ2v) is 6.45. The van der Waals surface area contributed by atoms with Crippen molar-refractivity contribution in [3.05, 3.63) is 23.0 Å². The maximum absolute atomic E-state index is 12.7. The molecule has 4 nitrogen and oxygen atoms in total. The van der Waals surface area contributed by atoms with Gasteiger partial charge in [-0.1, -0.05) is 19.3 Å². The molecule has 126 valence electrons. The lowest BCUT2D eigenvalue weighted by Crippen LogP contribution is -2.39. The van der Waals surface area contributed by atoms with Gasteiger partial charge in [-0.05, 0) is 39.7 Å². The van der Waals surface area contributed by atoms with Crippen molar-refractivity contribution in [2.75, 3.05) is 13.6 Å². The molecule has 0 saturated heterocycles. The van der Waals surface area contributed by atoms with Gasteiger partial charge in [0.2, 0.25) is 0 Å². The number of aromatic nitrogens is 1. The van der Waals surface area contributed by atoms with Gasteiger partial charge in [-0.3, -0.25) is 4.79 Å². The highest BCUT2D eigenvalue weighted by molar-refractivity contribution is 5.95. The molecule has 1 fully saturated rings. The van der Waals surface area contributed by atoms with Crippen LogP contribution in [0.3, 0.4) is 0 Å². The van der Waals surface area contributed by atoms with Gasteiger partial charge >= 0.3 is 0 Å². The van der Waals surface area contributed by atoms with Gasteiger partial charge in [0, 0.05) is 37.1 Å². The molecule has 5 heteroatoms. The maximum Gasteiger partial charge on any atom is 0.255 e. The summed E-state index contributed by atoms with van der Waals surface area (Å²) in [5, 5.41) is 0. The summed E-state index contributed by atoms with van der Waals surface area (Å²) in [5.41, 5.74) is 8.83. The van der Waals surface area contributed by atoms with Crippen molar-refractivity contribution < 1.29 is 4.79 Å². The molecule has 1 saturated carbocycles. The normalized spacial score (nSPS) is 17.0. The lowest BCUT2D eigenvalue weighted by Gasteiger charge is -2.27. The average Bonchev–Trinajstić information content (AvgIpc) is 2.80. The van der Waals surface area contributed by atoms with Crippen molar-refractivity contribution in [1.29, 1.82) is 0 Å². The Labute approximate surface area is 140 Å². The summed E-state index contributed by atoms with van der Waals surface area (Å²) in [4.78, 5) is 14.4. The molecule has 1 heterocycles. The van der Waals surface area contributed by atoms with E-state index in [1.807, 2.05) is 20.0 Å². The van der Waals surface area contributed by atoms with Crippen molar-refractivity contribution in [2.45, 2.75) is 65.0 Å². The zero-order valence-corrected chi connectivity index (χ0v) is 15.1. The molecule has 1 aliphatic carbocycles. The van der Waals surface area contributed by atoms with E-state index in [2.05, 4.69) is 18.4 Å². The van der Waals surface area contributed by atoms with E-state index >= 15 is 0 Å². The number of halogens is 1. The number of carbonyl (C=O) groups excluding carboxylic acids is 1. The summed E-state index contributed by atoms with van der Waals surface area (Å²) < 4.78 is 2.38. The van der Waals surface area contributed by atoms with Crippen LogP contribution in [0.15, 0.2) is 6.07 Å². The molecule has 1 unspecified atom stereocenters. The van der Waals surface area contributed by atoms with Gasteiger partial charge in [-0.15, -0.1) is 12.4 Å². The van der Waals surface area contributed by atoms with E-state index in [9.17, 15) is 4.79 Å². The first-order valence-electron chi connectivity index (χ1n) is 8.13. The second kappa shape index (κ2) is 8.02. The Morgan fingerprint density at radius 1 is 1.36 bits per heavy atom. The third kappa shape index (κ3) is 3.66. The molecule has 1 amide bonds. The fraction of sp³-hybridized carbons (Fsp3) is 0.706. The van der Waals surface area contributed by atoms with Crippen LogP contribution in [-0.4, -0.2) is 35.0 Å². The maximum atomic E-state index is 12.7. The Morgan fingerprint density at radius 2 is 1.95 bits per heavy atom. The second-order valence-electron chi connectivity index (χ2n) is 6.45. The van der Waals surface area contributed by atoms with Gasteiger partial charge in [0.05, 0.1) is 5.56 Å². The number of nitrogens with zero attached hydrogens (tertiary/aromatic N) is 2. The lowest BCUT2D eigenvalue weighted by atomic mass is 9.95. The minimum Gasteiger partial charge on any atom is -0.345 e. The molecule has 0 spiro atoms. The standard InChI is InChI=1S/C17H29N3O.ClH/c1-12-10-16(17(21)19(4)13(2)11-18)14(3)20(12)15-8-6-5-7-9-15;/h10,13,15H,5-9,11,18H2,1-4H3;1H. The third-order valence-corrected chi connectivity index (χ3v) is 4.98. The Hall–Kier alpha value is -1.000. The van der Waals surface area contributed by atoms with Crippen LogP contribution in [0.4, 0.5) is 0 Å². The van der Waals surface area contributed by atoms with Crippen molar-refractivity contribution in [3.63, 3.8) is 0 Å². The first-order valence-corrected chi connectivity index (χ1v) is 8.13. The molecular weight excluding hydrogens is 298 g/mol. The first-order chi connectivity index (χ1) is 9.97. The lowest BCUT2D eigenvalue weighted by molar-refractivity contribution is 0.0747. The highest BCUT2D eigenvalue weighted by Crippen LogP contribution is 2.32. The van der Waals surface area contributed by atoms with Crippen LogP contribution in [0.1, 0.15) is 66.8 Å². The summed E-state index contributed by atoms with van der Waals surface area (Å²) in [7, 11) is 1.84. The van der Waals surface area contributed by atoms with Crippen molar-refractivity contribution in [3.8, 4) is 0 Å². The Balaban J connectivity index is 0.00000242. The minimum absolute atomic E-state index is 0. The van der Waals surface area contributed by atoms with Crippen LogP contribution in [0.2, 0.25) is 0 Å². The highest BCUT2D eigenvalue weighted by Gasteiger charge is 2.25. The highest BCUT2D eigenvalue weighted by atomic mass is 35.5. The summed E-state index contributed by atoms with van der Waals surface area (Å²) in [6, 6.07) is 2.68. The van der Waals surface area contributed by atoms with E-state index in [1.54, 1.807) is 4.90 Å². The van der Waals surface area contributed by atoms with Crippen molar-refractivity contribution in [1.82, 2.24) is 9.47 Å². The topological polar surface area (TPSA) is 51.3 Å². The molecule has 2 N–H and O–H groups in total. The molecule has 2 rings (SSSR count). The molecule has 0 aliphatic heterocycles. The fourth-order valence-electron chi connectivity index (χ4n) is 3.44. The third-order valence-electron chi connectivity index (χ3n) is 4.98. The molecule has 0 aromatic carbocycles. The summed E-state index contributed by atoms with van der Waals surface area (Å²) in [6.45, 7) is 6.67. The molecule has 0 radical (unpaired) electrons. The van der Waals surface area contributed by atoms with E-state index in [-0.39, 0.29) is 24.4 Å². The van der Waals surface area contributed by atoms with Gasteiger partial charge in [0.1, 0.15) is 0 Å². The van der Waals surface area contributed by atoms with Crippen molar-refractivity contribution >= 4 is 18.3 Å². The van der Waals surface area contributed by atoms with Crippen LogP contribution in [-0.2, 0) is 0 Å². The van der Waals surface area contributed by atoms with Gasteiger partial charge in [-0.2, -0.15) is 0 Å². The summed E-state index contributed by atoms with van der Waals surface area (Å²) in [5.74, 6) is 0.0862. The molecule has 0 bridgehead atoms. The number of hydrogen-bond donors (Lipinski definition) is 1. The van der Waals surface area contributed by atoms with Crippen LogP contribution in [0.25, 0.3) is 0 Å². The van der Waals surface area contributed by atoms with Crippen molar-refractivity contribution in [2.24, 2.45) is 5.73 Å². The molecular formula is C17H30ClN3O. The van der Waals surface area contributed by atoms with Gasteiger partial charge < -0.3 is 15.2 Å². The Kier molecular flexibility index (Phi) is 6.95. The number of likely N-dealkylation sites (N-methyl/N-ethyl adjacent to an activating group) is 1. The fourth-order valence-corrected chi connectivity index (χ4v) is 3.44. The van der Waals surface area contributed by atoms with E-state index in [0.717, 1.165) is 11.3 Å². The van der Waals surface area contributed by atoms with Crippen LogP contribution >= 0.6 is 12.4 Å². The SMILES string of the molecule is Cc1cc(C(=O)N(C)C(C)CN)c(C)n1C1CCCCC1.Cl. The van der Waals surface area contributed by atoms with Crippen LogP contribution in [0, 0.1) is 13.8 Å². The van der Waals surface area contributed by atoms with E-state index in [1.165, 1.54) is 37.8 Å². The predicted octanol–water partition coefficient (Wildman–Crippen LogP) is 3.45. The number of rotatable bonds is 4. The van der Waals surface area contributed by atoms with E-state index < -0.39 is 0 Å². The Morgan fingerprint density at radius 3 is 2.50 bits per heavy atom. The number of aryl methyl sites for hydroxylation is 1. The average molecular weight is 328 g/mol. The summed E-state index contributed by atoms with van der Waals surface area (Å²) in [6.07, 6.45) is 6.42. The largest absolute Gasteiger partial charge is 0.345 e. The molecule has 1 aromatic heterocycles. The zero-order chi connectivity index (χ0) is 15.6. The van der Waals surface area contributed by atoms with Gasteiger partial charge in [-0.25, -0.2) is 0 Å². The monoisotopic (exact) mass is 327 g/mol. The first kappa shape index (κ1) is 19.0. The number of amides is 1. The minimum atomic E-state index is 0. The molecule has 1 aromatic rings. The summed E-state index contributed by atoms with van der Waals surface area (Å²) >= 11 is 0. The van der Waals surface area contributed by atoms with Gasteiger partial charge in [0.15, 0.2) is 0 Å². The van der Waals surface area contributed by atoms with Gasteiger partial charge in [0.25, 0.3) is 5.91 Å². The smallest absolute Gasteiger partial charge is 0.255 e.